The van der Waals surface area contributed by atoms with Crippen LogP contribution in [0.1, 0.15) is 29.2 Å². The van der Waals surface area contributed by atoms with E-state index >= 15 is 0 Å². The Balaban J connectivity index is 2.67. The van der Waals surface area contributed by atoms with Crippen LogP contribution in [0.5, 0.6) is 0 Å². The van der Waals surface area contributed by atoms with Crippen LogP contribution < -0.4 is 11.1 Å². The van der Waals surface area contributed by atoms with Gasteiger partial charge < -0.3 is 16.0 Å². The molecule has 3 N–H and O–H groups in total. The number of aromatic nitrogens is 1. The van der Waals surface area contributed by atoms with Gasteiger partial charge in [0.05, 0.1) is 12.2 Å². The molecule has 0 saturated heterocycles. The maximum Gasteiger partial charge on any atom is 0.266 e. The normalized spacial score (nSPS) is 10.5. The van der Waals surface area contributed by atoms with Gasteiger partial charge in [-0.05, 0) is 20.8 Å². The third kappa shape index (κ3) is 3.69. The molecule has 6 nitrogen and oxygen atoms in total. The van der Waals surface area contributed by atoms with Crippen molar-refractivity contribution in [1.82, 2.24) is 15.2 Å². The summed E-state index contributed by atoms with van der Waals surface area (Å²) in [6, 6.07) is 0.0572. The van der Waals surface area contributed by atoms with E-state index in [9.17, 15) is 9.59 Å². The van der Waals surface area contributed by atoms with Gasteiger partial charge in [0.2, 0.25) is 5.91 Å². The molecule has 100 valence electrons. The fraction of sp³-hybridized carbons (Fsp3) is 0.545. The first-order valence-electron chi connectivity index (χ1n) is 5.59. The first kappa shape index (κ1) is 14.4. The van der Waals surface area contributed by atoms with Crippen molar-refractivity contribution in [3.8, 4) is 0 Å². The van der Waals surface area contributed by atoms with Crippen molar-refractivity contribution in [2.24, 2.45) is 0 Å². The number of rotatable bonds is 4. The minimum Gasteiger partial charge on any atom is -0.375 e. The number of thiazole rings is 1. The predicted octanol–water partition coefficient (Wildman–Crippen LogP) is 0.630. The summed E-state index contributed by atoms with van der Waals surface area (Å²) in [6.45, 7) is 5.48. The smallest absolute Gasteiger partial charge is 0.266 e. The SMILES string of the molecule is Cc1nc(N)sc1C(=O)N(C)CC(=O)NC(C)C. The zero-order chi connectivity index (χ0) is 13.9. The highest BCUT2D eigenvalue weighted by molar-refractivity contribution is 7.17. The molecule has 0 atom stereocenters. The number of amides is 2. The lowest BCUT2D eigenvalue weighted by molar-refractivity contribution is -0.122. The molecule has 0 aliphatic rings. The number of nitrogen functional groups attached to an aromatic ring is 1. The summed E-state index contributed by atoms with van der Waals surface area (Å²) < 4.78 is 0. The molecule has 0 aliphatic heterocycles. The van der Waals surface area contributed by atoms with Gasteiger partial charge in [0.1, 0.15) is 4.88 Å². The molecule has 0 radical (unpaired) electrons. The number of hydrogen-bond donors (Lipinski definition) is 2. The second-order valence-electron chi connectivity index (χ2n) is 4.35. The minimum atomic E-state index is -0.236. The lowest BCUT2D eigenvalue weighted by Gasteiger charge is -2.17. The Morgan fingerprint density at radius 2 is 2.11 bits per heavy atom. The van der Waals surface area contributed by atoms with Crippen molar-refractivity contribution in [3.63, 3.8) is 0 Å². The molecule has 0 spiro atoms. The third-order valence-corrected chi connectivity index (χ3v) is 3.16. The van der Waals surface area contributed by atoms with Crippen LogP contribution in [0.15, 0.2) is 0 Å². The first-order valence-corrected chi connectivity index (χ1v) is 6.40. The van der Waals surface area contributed by atoms with E-state index in [0.29, 0.717) is 15.7 Å². The quantitative estimate of drug-likeness (QED) is 0.840. The standard InChI is InChI=1S/C11H18N4O2S/c1-6(2)13-8(16)5-15(4)10(17)9-7(3)14-11(12)18-9/h6H,5H2,1-4H3,(H2,12,14)(H,13,16). The number of nitrogens with one attached hydrogen (secondary N) is 1. The average molecular weight is 270 g/mol. The van der Waals surface area contributed by atoms with Crippen LogP contribution in [0.4, 0.5) is 5.13 Å². The Bertz CT molecular complexity index is 456. The zero-order valence-corrected chi connectivity index (χ0v) is 11.8. The van der Waals surface area contributed by atoms with Gasteiger partial charge in [-0.25, -0.2) is 4.98 Å². The van der Waals surface area contributed by atoms with Crippen LogP contribution >= 0.6 is 11.3 Å². The Morgan fingerprint density at radius 3 is 2.56 bits per heavy atom. The Hall–Kier alpha value is -1.63. The second-order valence-corrected chi connectivity index (χ2v) is 5.38. The molecule has 0 fully saturated rings. The number of nitrogens with two attached hydrogens (primary N) is 1. The molecule has 0 unspecified atom stereocenters. The van der Waals surface area contributed by atoms with Crippen molar-refractivity contribution in [3.05, 3.63) is 10.6 Å². The number of nitrogens with zero attached hydrogens (tertiary/aromatic N) is 2. The molecule has 0 aromatic carbocycles. The van der Waals surface area contributed by atoms with Crippen LogP contribution in [0.25, 0.3) is 0 Å². The number of anilines is 1. The van der Waals surface area contributed by atoms with Crippen LogP contribution in [0.3, 0.4) is 0 Å². The number of likely N-dealkylation sites (N-methyl/N-ethyl adjacent to an activating group) is 1. The van der Waals surface area contributed by atoms with Gasteiger partial charge in [-0.15, -0.1) is 0 Å². The minimum absolute atomic E-state index is 0.0221. The summed E-state index contributed by atoms with van der Waals surface area (Å²) in [7, 11) is 1.58. The van der Waals surface area contributed by atoms with Crippen molar-refractivity contribution >= 4 is 28.3 Å². The van der Waals surface area contributed by atoms with Gasteiger partial charge >= 0.3 is 0 Å². The largest absolute Gasteiger partial charge is 0.375 e. The van der Waals surface area contributed by atoms with Gasteiger partial charge in [0.25, 0.3) is 5.91 Å². The van der Waals surface area contributed by atoms with E-state index < -0.39 is 0 Å². The molecular weight excluding hydrogens is 252 g/mol. The molecule has 1 aromatic rings. The van der Waals surface area contributed by atoms with Crippen molar-refractivity contribution in [1.29, 1.82) is 0 Å². The van der Waals surface area contributed by atoms with E-state index in [1.54, 1.807) is 14.0 Å². The highest BCUT2D eigenvalue weighted by Gasteiger charge is 2.20. The maximum absolute atomic E-state index is 12.1. The fourth-order valence-corrected chi connectivity index (χ4v) is 2.27. The fourth-order valence-electron chi connectivity index (χ4n) is 1.44. The van der Waals surface area contributed by atoms with Crippen molar-refractivity contribution in [2.75, 3.05) is 19.3 Å². The highest BCUT2D eigenvalue weighted by atomic mass is 32.1. The van der Waals surface area contributed by atoms with E-state index in [1.165, 1.54) is 4.90 Å². The molecule has 0 bridgehead atoms. The third-order valence-electron chi connectivity index (χ3n) is 2.18. The molecular formula is C11H18N4O2S. The van der Waals surface area contributed by atoms with Crippen LogP contribution in [0, 0.1) is 6.92 Å². The van der Waals surface area contributed by atoms with E-state index in [1.807, 2.05) is 13.8 Å². The number of hydrogen-bond acceptors (Lipinski definition) is 5. The van der Waals surface area contributed by atoms with E-state index in [0.717, 1.165) is 11.3 Å². The summed E-state index contributed by atoms with van der Waals surface area (Å²) in [5.41, 5.74) is 6.14. The number of carbonyl (C=O) groups excluding carboxylic acids is 2. The Kier molecular flexibility index (Phi) is 4.66. The summed E-state index contributed by atoms with van der Waals surface area (Å²) in [4.78, 5) is 29.4. The topological polar surface area (TPSA) is 88.3 Å². The molecule has 1 heterocycles. The van der Waals surface area contributed by atoms with Gasteiger partial charge in [-0.3, -0.25) is 9.59 Å². The summed E-state index contributed by atoms with van der Waals surface area (Å²) in [5.74, 6) is -0.420. The second kappa shape index (κ2) is 5.81. The molecule has 1 aromatic heterocycles. The molecule has 0 saturated carbocycles. The highest BCUT2D eigenvalue weighted by Crippen LogP contribution is 2.20. The summed E-state index contributed by atoms with van der Waals surface area (Å²) in [5, 5.41) is 3.09. The number of carbonyl (C=O) groups is 2. The average Bonchev–Trinajstić information content (AvgIpc) is 2.55. The van der Waals surface area contributed by atoms with Gasteiger partial charge in [0, 0.05) is 13.1 Å². The lowest BCUT2D eigenvalue weighted by atomic mass is 10.3. The zero-order valence-electron chi connectivity index (χ0n) is 11.0. The predicted molar refractivity (Wildman–Crippen MR) is 71.5 cm³/mol. The van der Waals surface area contributed by atoms with E-state index in [-0.39, 0.29) is 24.4 Å². The van der Waals surface area contributed by atoms with Gasteiger partial charge in [0.15, 0.2) is 5.13 Å². The maximum atomic E-state index is 12.1. The Morgan fingerprint density at radius 1 is 1.50 bits per heavy atom. The van der Waals surface area contributed by atoms with Gasteiger partial charge in [-0.1, -0.05) is 11.3 Å². The monoisotopic (exact) mass is 270 g/mol. The van der Waals surface area contributed by atoms with Crippen LogP contribution in [-0.2, 0) is 4.79 Å². The number of aryl methyl sites for hydroxylation is 1. The van der Waals surface area contributed by atoms with E-state index in [2.05, 4.69) is 10.3 Å². The molecule has 18 heavy (non-hydrogen) atoms. The van der Waals surface area contributed by atoms with E-state index in [4.69, 9.17) is 5.73 Å². The Labute approximate surface area is 110 Å². The molecule has 0 aliphatic carbocycles. The van der Waals surface area contributed by atoms with Crippen LogP contribution in [-0.4, -0.2) is 41.3 Å². The molecule has 2 amide bonds. The summed E-state index contributed by atoms with van der Waals surface area (Å²) >= 11 is 1.14. The van der Waals surface area contributed by atoms with Crippen molar-refractivity contribution < 1.29 is 9.59 Å². The van der Waals surface area contributed by atoms with Crippen LogP contribution in [0.2, 0.25) is 0 Å². The molecule has 1 rings (SSSR count). The summed E-state index contributed by atoms with van der Waals surface area (Å²) in [6.07, 6.45) is 0. The first-order chi connectivity index (χ1) is 8.31. The van der Waals surface area contributed by atoms with Gasteiger partial charge in [-0.2, -0.15) is 0 Å². The molecule has 7 heteroatoms. The lowest BCUT2D eigenvalue weighted by Crippen LogP contribution is -2.40. The van der Waals surface area contributed by atoms with Crippen molar-refractivity contribution in [2.45, 2.75) is 26.8 Å².